The molecular formula is C29H17Cl2F9O. The van der Waals surface area contributed by atoms with E-state index in [1.807, 2.05) is 6.92 Å². The second-order valence-electron chi connectivity index (χ2n) is 8.99. The van der Waals surface area contributed by atoms with Crippen LogP contribution in [0, 0.1) is 40.7 Å². The minimum atomic E-state index is -4.61. The fraction of sp³-hybridized carbons (Fsp3) is 0.172. The van der Waals surface area contributed by atoms with Crippen molar-refractivity contribution in [3.8, 4) is 28.0 Å². The van der Waals surface area contributed by atoms with Crippen LogP contribution in [0.1, 0.15) is 30.9 Å². The van der Waals surface area contributed by atoms with Crippen LogP contribution in [-0.4, -0.2) is 0 Å². The van der Waals surface area contributed by atoms with Gasteiger partial charge in [0.15, 0.2) is 0 Å². The van der Waals surface area contributed by atoms with Crippen LogP contribution in [0.5, 0.6) is 5.75 Å². The van der Waals surface area contributed by atoms with Gasteiger partial charge in [-0.3, -0.25) is 0 Å². The lowest BCUT2D eigenvalue weighted by Gasteiger charge is -2.21. The van der Waals surface area contributed by atoms with Crippen LogP contribution in [0.15, 0.2) is 48.5 Å². The molecule has 0 fully saturated rings. The van der Waals surface area contributed by atoms with E-state index >= 15 is 8.78 Å². The Morgan fingerprint density at radius 1 is 0.634 bits per heavy atom. The Hall–Kier alpha value is -3.37. The van der Waals surface area contributed by atoms with Crippen molar-refractivity contribution < 1.29 is 44.3 Å². The molecule has 1 nitrogen and oxygen atoms in total. The summed E-state index contributed by atoms with van der Waals surface area (Å²) in [7, 11) is 0. The van der Waals surface area contributed by atoms with Gasteiger partial charge in [0.2, 0.25) is 0 Å². The molecular weight excluding hydrogens is 606 g/mol. The van der Waals surface area contributed by atoms with Gasteiger partial charge in [0.1, 0.15) is 57.1 Å². The fourth-order valence-electron chi connectivity index (χ4n) is 4.21. The fourth-order valence-corrected chi connectivity index (χ4v) is 4.63. The molecule has 4 aromatic carbocycles. The molecule has 0 aromatic heterocycles. The summed E-state index contributed by atoms with van der Waals surface area (Å²) in [6.45, 7) is 1.89. The van der Waals surface area contributed by atoms with E-state index in [0.29, 0.717) is 54.8 Å². The van der Waals surface area contributed by atoms with Gasteiger partial charge in [-0.05, 0) is 65.9 Å². The van der Waals surface area contributed by atoms with Crippen LogP contribution < -0.4 is 4.74 Å². The van der Waals surface area contributed by atoms with Gasteiger partial charge in [-0.25, -0.2) is 30.7 Å². The van der Waals surface area contributed by atoms with Crippen molar-refractivity contribution >= 4 is 23.2 Å². The normalized spacial score (nSPS) is 11.7. The Bertz CT molecular complexity index is 1550. The monoisotopic (exact) mass is 622 g/mol. The topological polar surface area (TPSA) is 9.23 Å². The number of unbranched alkanes of at least 4 members (excludes halogenated alkanes) is 1. The third-order valence-electron chi connectivity index (χ3n) is 6.08. The Labute approximate surface area is 238 Å². The largest absolute Gasteiger partial charge is 0.431 e. The average molecular weight is 623 g/mol. The lowest BCUT2D eigenvalue weighted by atomic mass is 9.96. The predicted molar refractivity (Wildman–Crippen MR) is 137 cm³/mol. The van der Waals surface area contributed by atoms with E-state index in [1.165, 1.54) is 0 Å². The maximum atomic E-state index is 15.1. The highest BCUT2D eigenvalue weighted by atomic mass is 35.5. The maximum absolute atomic E-state index is 15.1. The summed E-state index contributed by atoms with van der Waals surface area (Å²) >= 11 is 11.1. The van der Waals surface area contributed by atoms with Gasteiger partial charge in [-0.1, -0.05) is 36.5 Å². The number of hydrogen-bond acceptors (Lipinski definition) is 1. The van der Waals surface area contributed by atoms with Crippen molar-refractivity contribution in [3.63, 3.8) is 0 Å². The lowest BCUT2D eigenvalue weighted by molar-refractivity contribution is -0.187. The summed E-state index contributed by atoms with van der Waals surface area (Å²) in [5.41, 5.74) is -3.98. The van der Waals surface area contributed by atoms with Crippen LogP contribution in [-0.2, 0) is 12.5 Å². The Kier molecular flexibility index (Phi) is 8.84. The highest BCUT2D eigenvalue weighted by Gasteiger charge is 2.41. The summed E-state index contributed by atoms with van der Waals surface area (Å²) in [6.07, 6.45) is -2.76. The number of ether oxygens (including phenoxy) is 1. The Balaban J connectivity index is 1.71. The van der Waals surface area contributed by atoms with Gasteiger partial charge in [-0.2, -0.15) is 8.78 Å². The van der Waals surface area contributed by atoms with E-state index in [1.54, 1.807) is 0 Å². The maximum Gasteiger partial charge on any atom is 0.431 e. The minimum Gasteiger partial charge on any atom is -0.429 e. The molecule has 0 aliphatic carbocycles. The molecule has 4 rings (SSSR count). The molecule has 0 heterocycles. The van der Waals surface area contributed by atoms with Crippen molar-refractivity contribution in [3.05, 3.63) is 110 Å². The first-order valence-corrected chi connectivity index (χ1v) is 12.7. The van der Waals surface area contributed by atoms with Crippen LogP contribution in [0.4, 0.5) is 39.5 Å². The summed E-state index contributed by atoms with van der Waals surface area (Å²) in [6, 6.07) is 4.91. The molecule has 0 amide bonds. The molecule has 0 aliphatic rings. The van der Waals surface area contributed by atoms with Gasteiger partial charge in [0.05, 0.1) is 16.1 Å². The third-order valence-corrected chi connectivity index (χ3v) is 6.74. The van der Waals surface area contributed by atoms with Crippen LogP contribution >= 0.6 is 23.2 Å². The van der Waals surface area contributed by atoms with Gasteiger partial charge in [0, 0.05) is 12.1 Å². The number of hydrogen-bond donors (Lipinski definition) is 0. The van der Waals surface area contributed by atoms with Crippen LogP contribution in [0.2, 0.25) is 10.0 Å². The average Bonchev–Trinajstić information content (AvgIpc) is 2.84. The molecule has 0 saturated carbocycles. The smallest absolute Gasteiger partial charge is 0.429 e. The zero-order valence-electron chi connectivity index (χ0n) is 20.8. The molecule has 0 saturated heterocycles. The van der Waals surface area contributed by atoms with E-state index in [-0.39, 0.29) is 0 Å². The first kappa shape index (κ1) is 30.6. The van der Waals surface area contributed by atoms with E-state index < -0.39 is 90.4 Å². The van der Waals surface area contributed by atoms with Gasteiger partial charge < -0.3 is 4.74 Å². The number of benzene rings is 4. The first-order valence-electron chi connectivity index (χ1n) is 11.9. The van der Waals surface area contributed by atoms with E-state index in [4.69, 9.17) is 23.2 Å². The van der Waals surface area contributed by atoms with Crippen molar-refractivity contribution in [2.75, 3.05) is 0 Å². The van der Waals surface area contributed by atoms with E-state index in [9.17, 15) is 30.7 Å². The van der Waals surface area contributed by atoms with Crippen molar-refractivity contribution in [1.82, 2.24) is 0 Å². The van der Waals surface area contributed by atoms with E-state index in [0.717, 1.165) is 18.6 Å². The quantitative estimate of drug-likeness (QED) is 0.140. The number of halogens is 11. The highest BCUT2D eigenvalue weighted by Crippen LogP contribution is 2.42. The zero-order chi connectivity index (χ0) is 30.2. The summed E-state index contributed by atoms with van der Waals surface area (Å²) in [5.74, 6) is -10.6. The van der Waals surface area contributed by atoms with E-state index in [2.05, 4.69) is 4.74 Å². The molecule has 0 unspecified atom stereocenters. The van der Waals surface area contributed by atoms with Crippen molar-refractivity contribution in [2.45, 2.75) is 32.3 Å². The molecule has 0 atom stereocenters. The molecule has 216 valence electrons. The van der Waals surface area contributed by atoms with Crippen LogP contribution in [0.25, 0.3) is 22.3 Å². The SMILES string of the molecule is CCCCc1cc(F)c(-c2cc(F)c(-c3cc(F)c(C(F)(F)Oc4cc(F)c(Cl)c(F)c4)c(Cl)c3)c(F)c2)c(F)c1. The predicted octanol–water partition coefficient (Wildman–Crippen LogP) is 10.8. The Morgan fingerprint density at radius 3 is 1.59 bits per heavy atom. The van der Waals surface area contributed by atoms with Gasteiger partial charge >= 0.3 is 6.11 Å². The molecule has 0 spiro atoms. The molecule has 4 aromatic rings. The molecule has 0 bridgehead atoms. The van der Waals surface area contributed by atoms with Gasteiger partial charge in [0.25, 0.3) is 0 Å². The minimum absolute atomic E-state index is 0.326. The standard InChI is InChI=1S/C29H17Cl2F9O/c1-2-3-4-13-5-18(32)26(19(33)6-13)15-8-20(34)25(21(35)9-15)14-7-17(30)27(22(36)10-14)29(39,40)41-16-11-23(37)28(31)24(38)12-16/h5-12H,2-4H2,1H3. The number of alkyl halides is 2. The summed E-state index contributed by atoms with van der Waals surface area (Å²) in [4.78, 5) is 0. The van der Waals surface area contributed by atoms with Gasteiger partial charge in [-0.15, -0.1) is 0 Å². The molecule has 12 heteroatoms. The first-order chi connectivity index (χ1) is 19.2. The second-order valence-corrected chi connectivity index (χ2v) is 9.77. The van der Waals surface area contributed by atoms with Crippen molar-refractivity contribution in [2.24, 2.45) is 0 Å². The summed E-state index contributed by atoms with van der Waals surface area (Å²) in [5, 5.41) is -2.04. The summed E-state index contributed by atoms with van der Waals surface area (Å²) < 4.78 is 136. The van der Waals surface area contributed by atoms with Crippen LogP contribution in [0.3, 0.4) is 0 Å². The molecule has 0 radical (unpaired) electrons. The second kappa shape index (κ2) is 11.9. The number of rotatable bonds is 8. The number of aryl methyl sites for hydroxylation is 1. The lowest BCUT2D eigenvalue weighted by Crippen LogP contribution is -2.24. The molecule has 0 aliphatic heterocycles. The highest BCUT2D eigenvalue weighted by molar-refractivity contribution is 6.31. The third kappa shape index (κ3) is 6.28. The molecule has 41 heavy (non-hydrogen) atoms. The Morgan fingerprint density at radius 2 is 1.10 bits per heavy atom. The zero-order valence-corrected chi connectivity index (χ0v) is 22.3. The van der Waals surface area contributed by atoms with Crippen molar-refractivity contribution in [1.29, 1.82) is 0 Å². The molecule has 0 N–H and O–H groups in total.